The van der Waals surface area contributed by atoms with Crippen molar-refractivity contribution in [2.75, 3.05) is 35.2 Å². The predicted octanol–water partition coefficient (Wildman–Crippen LogP) is 4.00. The zero-order chi connectivity index (χ0) is 17.0. The van der Waals surface area contributed by atoms with E-state index in [0.29, 0.717) is 11.7 Å². The number of hydrogen-bond donors (Lipinski definition) is 0. The lowest BCUT2D eigenvalue weighted by molar-refractivity contribution is -0.884. The van der Waals surface area contributed by atoms with Crippen LogP contribution in [0.2, 0.25) is 0 Å². The molecule has 1 aromatic rings. The van der Waals surface area contributed by atoms with Crippen LogP contribution in [0.15, 0.2) is 18.2 Å². The third-order valence-electron chi connectivity index (χ3n) is 4.37. The predicted molar refractivity (Wildman–Crippen MR) is 93.7 cm³/mol. The second-order valence-corrected chi connectivity index (χ2v) is 7.91. The molecular weight excluding hydrogens is 288 g/mol. The Morgan fingerprint density at radius 3 is 2.39 bits per heavy atom. The summed E-state index contributed by atoms with van der Waals surface area (Å²) >= 11 is 0. The van der Waals surface area contributed by atoms with Crippen LogP contribution in [0, 0.1) is 0 Å². The van der Waals surface area contributed by atoms with Crippen LogP contribution in [0.4, 0.5) is 4.79 Å². The number of nitrogens with zero attached hydrogens (tertiary/aromatic N) is 2. The Hall–Kier alpha value is -1.55. The number of benzene rings is 1. The minimum absolute atomic E-state index is 0.321. The molecule has 0 N–H and O–H groups in total. The van der Waals surface area contributed by atoms with E-state index in [0.717, 1.165) is 16.6 Å². The van der Waals surface area contributed by atoms with Gasteiger partial charge in [0, 0.05) is 19.7 Å². The molecular formula is C19H31N2O2+. The number of carbonyl (C=O) groups excluding carboxylic acids is 1. The summed E-state index contributed by atoms with van der Waals surface area (Å²) in [6.45, 7) is 0.844. The lowest BCUT2D eigenvalue weighted by atomic mass is 9.83. The van der Waals surface area contributed by atoms with Crippen molar-refractivity contribution in [2.24, 2.45) is 0 Å². The molecule has 1 amide bonds. The van der Waals surface area contributed by atoms with Crippen LogP contribution in [-0.4, -0.2) is 50.7 Å². The van der Waals surface area contributed by atoms with Crippen molar-refractivity contribution in [1.82, 2.24) is 4.90 Å². The molecule has 1 aliphatic carbocycles. The van der Waals surface area contributed by atoms with E-state index in [4.69, 9.17) is 4.74 Å². The van der Waals surface area contributed by atoms with Gasteiger partial charge in [-0.3, -0.25) is 0 Å². The Balaban J connectivity index is 2.28. The van der Waals surface area contributed by atoms with E-state index in [2.05, 4.69) is 33.3 Å². The maximum atomic E-state index is 11.9. The molecule has 0 aromatic heterocycles. The first kappa shape index (κ1) is 17.8. The average Bonchev–Trinajstić information content (AvgIpc) is 2.48. The van der Waals surface area contributed by atoms with Crippen molar-refractivity contribution in [1.29, 1.82) is 0 Å². The van der Waals surface area contributed by atoms with Gasteiger partial charge in [-0.25, -0.2) is 4.79 Å². The van der Waals surface area contributed by atoms with Gasteiger partial charge in [-0.1, -0.05) is 25.3 Å². The second kappa shape index (κ2) is 7.35. The van der Waals surface area contributed by atoms with Gasteiger partial charge in [0.2, 0.25) is 0 Å². The van der Waals surface area contributed by atoms with Crippen LogP contribution >= 0.6 is 0 Å². The number of hydrogen-bond acceptors (Lipinski definition) is 2. The van der Waals surface area contributed by atoms with Crippen molar-refractivity contribution in [3.63, 3.8) is 0 Å². The highest BCUT2D eigenvalue weighted by Crippen LogP contribution is 2.35. The van der Waals surface area contributed by atoms with E-state index in [1.54, 1.807) is 14.1 Å². The lowest BCUT2D eigenvalue weighted by Gasteiger charge is -2.27. The Kier molecular flexibility index (Phi) is 5.69. The highest BCUT2D eigenvalue weighted by atomic mass is 16.6. The topological polar surface area (TPSA) is 29.5 Å². The first-order chi connectivity index (χ1) is 10.8. The number of quaternary nitrogens is 1. The summed E-state index contributed by atoms with van der Waals surface area (Å²) in [6, 6.07) is 6.39. The molecule has 0 spiro atoms. The highest BCUT2D eigenvalue weighted by molar-refractivity contribution is 5.70. The fourth-order valence-electron chi connectivity index (χ4n) is 3.21. The SMILES string of the molecule is CN(C)C(=O)Oc1ccc(C2CCCCC2)cc1C[N+](C)(C)C. The van der Waals surface area contributed by atoms with Crippen LogP contribution < -0.4 is 4.74 Å². The van der Waals surface area contributed by atoms with Gasteiger partial charge in [0.15, 0.2) is 0 Å². The van der Waals surface area contributed by atoms with Crippen LogP contribution in [0.3, 0.4) is 0 Å². The fraction of sp³-hybridized carbons (Fsp3) is 0.632. The maximum Gasteiger partial charge on any atom is 0.414 e. The van der Waals surface area contributed by atoms with Gasteiger partial charge in [0.05, 0.1) is 21.1 Å². The number of amides is 1. The molecule has 0 saturated heterocycles. The third kappa shape index (κ3) is 5.24. The first-order valence-electron chi connectivity index (χ1n) is 8.59. The summed E-state index contributed by atoms with van der Waals surface area (Å²) in [4.78, 5) is 13.4. The van der Waals surface area contributed by atoms with E-state index >= 15 is 0 Å². The molecule has 4 heteroatoms. The summed E-state index contributed by atoms with van der Waals surface area (Å²) in [5.41, 5.74) is 2.52. The van der Waals surface area contributed by atoms with Crippen LogP contribution in [0.25, 0.3) is 0 Å². The van der Waals surface area contributed by atoms with Gasteiger partial charge < -0.3 is 14.1 Å². The summed E-state index contributed by atoms with van der Waals surface area (Å²) in [5, 5.41) is 0. The Morgan fingerprint density at radius 1 is 1.17 bits per heavy atom. The molecule has 0 unspecified atom stereocenters. The van der Waals surface area contributed by atoms with Gasteiger partial charge in [0.25, 0.3) is 0 Å². The van der Waals surface area contributed by atoms with Gasteiger partial charge in [-0.05, 0) is 36.5 Å². The van der Waals surface area contributed by atoms with E-state index in [9.17, 15) is 4.79 Å². The zero-order valence-corrected chi connectivity index (χ0v) is 15.3. The molecule has 1 saturated carbocycles. The lowest BCUT2D eigenvalue weighted by Crippen LogP contribution is -2.34. The average molecular weight is 319 g/mol. The van der Waals surface area contributed by atoms with Crippen LogP contribution in [0.1, 0.15) is 49.1 Å². The van der Waals surface area contributed by atoms with E-state index in [1.807, 2.05) is 6.07 Å². The number of ether oxygens (including phenoxy) is 1. The van der Waals surface area contributed by atoms with E-state index in [1.165, 1.54) is 42.6 Å². The summed E-state index contributed by atoms with van der Waals surface area (Å²) in [6.07, 6.45) is 6.25. The molecule has 0 heterocycles. The van der Waals surface area contributed by atoms with Gasteiger partial charge in [0.1, 0.15) is 12.3 Å². The molecule has 0 bridgehead atoms. The standard InChI is InChI=1S/C19H31N2O2/c1-20(2)19(22)23-18-12-11-16(15-9-7-6-8-10-15)13-17(18)14-21(3,4)5/h11-13,15H,6-10,14H2,1-5H3/q+1. The molecule has 0 atom stereocenters. The summed E-state index contributed by atoms with van der Waals surface area (Å²) in [5.74, 6) is 1.35. The van der Waals surface area contributed by atoms with Gasteiger partial charge in [-0.15, -0.1) is 0 Å². The van der Waals surface area contributed by atoms with E-state index in [-0.39, 0.29) is 6.09 Å². The smallest absolute Gasteiger partial charge is 0.410 e. The molecule has 23 heavy (non-hydrogen) atoms. The normalized spacial score (nSPS) is 16.2. The molecule has 128 valence electrons. The maximum absolute atomic E-state index is 11.9. The molecule has 4 nitrogen and oxygen atoms in total. The molecule has 2 rings (SSSR count). The summed E-state index contributed by atoms with van der Waals surface area (Å²) in [7, 11) is 9.89. The largest absolute Gasteiger partial charge is 0.414 e. The van der Waals surface area contributed by atoms with Gasteiger partial charge >= 0.3 is 6.09 Å². The number of rotatable bonds is 4. The van der Waals surface area contributed by atoms with Crippen molar-refractivity contribution < 1.29 is 14.0 Å². The van der Waals surface area contributed by atoms with Crippen molar-refractivity contribution in [3.8, 4) is 5.75 Å². The van der Waals surface area contributed by atoms with E-state index < -0.39 is 0 Å². The second-order valence-electron chi connectivity index (χ2n) is 7.91. The summed E-state index contributed by atoms with van der Waals surface area (Å²) < 4.78 is 6.38. The molecule has 1 fully saturated rings. The minimum atomic E-state index is -0.321. The molecule has 0 radical (unpaired) electrons. The number of carbonyl (C=O) groups is 1. The van der Waals surface area contributed by atoms with Crippen LogP contribution in [-0.2, 0) is 6.54 Å². The van der Waals surface area contributed by atoms with Gasteiger partial charge in [-0.2, -0.15) is 0 Å². The zero-order valence-electron chi connectivity index (χ0n) is 15.3. The first-order valence-corrected chi connectivity index (χ1v) is 8.59. The van der Waals surface area contributed by atoms with Crippen molar-refractivity contribution in [2.45, 2.75) is 44.6 Å². The molecule has 1 aromatic carbocycles. The highest BCUT2D eigenvalue weighted by Gasteiger charge is 2.21. The Bertz CT molecular complexity index is 541. The molecule has 1 aliphatic rings. The Morgan fingerprint density at radius 2 is 1.83 bits per heavy atom. The van der Waals surface area contributed by atoms with Crippen molar-refractivity contribution in [3.05, 3.63) is 29.3 Å². The third-order valence-corrected chi connectivity index (χ3v) is 4.37. The Labute approximate surface area is 140 Å². The van der Waals surface area contributed by atoms with Crippen molar-refractivity contribution >= 4 is 6.09 Å². The quantitative estimate of drug-likeness (QED) is 0.785. The molecule has 0 aliphatic heterocycles. The minimum Gasteiger partial charge on any atom is -0.410 e. The van der Waals surface area contributed by atoms with Crippen LogP contribution in [0.5, 0.6) is 5.75 Å². The monoisotopic (exact) mass is 319 g/mol. The fourth-order valence-corrected chi connectivity index (χ4v) is 3.21.